The molecule has 6 nitrogen and oxygen atoms in total. The molecule has 0 spiro atoms. The molecule has 120 valence electrons. The third-order valence-electron chi connectivity index (χ3n) is 3.91. The lowest BCUT2D eigenvalue weighted by Gasteiger charge is -2.13. The number of nitrogens with zero attached hydrogens (tertiary/aromatic N) is 4. The van der Waals surface area contributed by atoms with E-state index in [-0.39, 0.29) is 0 Å². The zero-order valence-corrected chi connectivity index (χ0v) is 14.5. The van der Waals surface area contributed by atoms with Crippen LogP contribution in [-0.4, -0.2) is 38.4 Å². The van der Waals surface area contributed by atoms with E-state index in [1.54, 1.807) is 29.4 Å². The molecule has 0 aromatic carbocycles. The van der Waals surface area contributed by atoms with E-state index < -0.39 is 0 Å². The van der Waals surface area contributed by atoms with Gasteiger partial charge in [0.15, 0.2) is 5.16 Å². The fourth-order valence-electron chi connectivity index (χ4n) is 2.80. The highest BCUT2D eigenvalue weighted by Crippen LogP contribution is 2.35. The molecule has 0 radical (unpaired) electrons. The third kappa shape index (κ3) is 2.93. The first-order valence-electron chi connectivity index (χ1n) is 7.63. The first-order valence-corrected chi connectivity index (χ1v) is 9.43. The summed E-state index contributed by atoms with van der Waals surface area (Å²) in [4.78, 5) is 15.7. The predicted octanol–water partition coefficient (Wildman–Crippen LogP) is 2.27. The number of anilines is 1. The minimum Gasteiger partial charge on any atom is -0.369 e. The van der Waals surface area contributed by atoms with Crippen molar-refractivity contribution in [3.05, 3.63) is 29.2 Å². The molecule has 0 fully saturated rings. The summed E-state index contributed by atoms with van der Waals surface area (Å²) < 4.78 is 2.04. The predicted molar refractivity (Wildman–Crippen MR) is 95.2 cm³/mol. The third-order valence-corrected chi connectivity index (χ3v) is 6.11. The lowest BCUT2D eigenvalue weighted by molar-refractivity contribution is 0.657. The molecule has 0 unspecified atom stereocenters. The molecule has 4 heterocycles. The number of aromatic nitrogens is 4. The molecular formula is C15H18N6S2. The van der Waals surface area contributed by atoms with Crippen LogP contribution in [0, 0.1) is 0 Å². The molecule has 8 heteroatoms. The van der Waals surface area contributed by atoms with Gasteiger partial charge in [-0.2, -0.15) is 0 Å². The fourth-order valence-corrected chi connectivity index (χ4v) is 4.74. The van der Waals surface area contributed by atoms with Gasteiger partial charge in [-0.3, -0.25) is 0 Å². The summed E-state index contributed by atoms with van der Waals surface area (Å²) in [6.45, 7) is 2.83. The molecule has 1 aliphatic rings. The Morgan fingerprint density at radius 3 is 3.22 bits per heavy atom. The van der Waals surface area contributed by atoms with Crippen LogP contribution in [0.4, 0.5) is 5.82 Å². The average molecular weight is 346 g/mol. The number of imidazole rings is 1. The van der Waals surface area contributed by atoms with Crippen LogP contribution in [0.5, 0.6) is 0 Å². The normalized spacial score (nSPS) is 14.1. The standard InChI is InChI=1S/C15H18N6S2/c1-21-6-4-18-15(21)22-7-5-17-13-12-10-2-3-16-8-11(10)23-14(12)20-9-19-13/h4,6,9,16H,2-3,5,7-8H2,1H3,(H,17,19,20). The Hall–Kier alpha value is -1.64. The molecule has 0 atom stereocenters. The van der Waals surface area contributed by atoms with Crippen molar-refractivity contribution in [2.45, 2.75) is 18.1 Å². The summed E-state index contributed by atoms with van der Waals surface area (Å²) in [6, 6.07) is 0. The minimum absolute atomic E-state index is 0.854. The molecule has 0 aliphatic carbocycles. The highest BCUT2D eigenvalue weighted by Gasteiger charge is 2.19. The molecule has 0 saturated heterocycles. The van der Waals surface area contributed by atoms with Crippen molar-refractivity contribution in [1.29, 1.82) is 0 Å². The molecule has 0 bridgehead atoms. The second-order valence-corrected chi connectivity index (χ2v) is 7.57. The first kappa shape index (κ1) is 14.9. The van der Waals surface area contributed by atoms with Gasteiger partial charge in [-0.15, -0.1) is 11.3 Å². The molecule has 0 saturated carbocycles. The largest absolute Gasteiger partial charge is 0.369 e. The topological polar surface area (TPSA) is 67.7 Å². The molecule has 3 aromatic heterocycles. The van der Waals surface area contributed by atoms with Gasteiger partial charge in [-0.25, -0.2) is 15.0 Å². The van der Waals surface area contributed by atoms with Crippen molar-refractivity contribution in [3.63, 3.8) is 0 Å². The Bertz CT molecular complexity index is 825. The first-order chi connectivity index (χ1) is 11.3. The van der Waals surface area contributed by atoms with Gasteiger partial charge < -0.3 is 15.2 Å². The van der Waals surface area contributed by atoms with Gasteiger partial charge in [-0.1, -0.05) is 11.8 Å². The number of fused-ring (bicyclic) bond motifs is 3. The van der Waals surface area contributed by atoms with Gasteiger partial charge in [-0.05, 0) is 18.5 Å². The number of thiophene rings is 1. The van der Waals surface area contributed by atoms with Gasteiger partial charge in [0.1, 0.15) is 17.0 Å². The van der Waals surface area contributed by atoms with Gasteiger partial charge in [0, 0.05) is 43.2 Å². The van der Waals surface area contributed by atoms with Crippen molar-refractivity contribution in [1.82, 2.24) is 24.8 Å². The van der Waals surface area contributed by atoms with Crippen LogP contribution in [0.25, 0.3) is 10.2 Å². The van der Waals surface area contributed by atoms with Crippen molar-refractivity contribution in [2.75, 3.05) is 24.2 Å². The summed E-state index contributed by atoms with van der Waals surface area (Å²) >= 11 is 3.53. The molecule has 2 N–H and O–H groups in total. The summed E-state index contributed by atoms with van der Waals surface area (Å²) in [5, 5.41) is 9.17. The number of nitrogens with one attached hydrogen (secondary N) is 2. The van der Waals surface area contributed by atoms with E-state index in [0.717, 1.165) is 47.6 Å². The van der Waals surface area contributed by atoms with Crippen LogP contribution < -0.4 is 10.6 Å². The summed E-state index contributed by atoms with van der Waals surface area (Å²) in [7, 11) is 2.02. The van der Waals surface area contributed by atoms with E-state index in [0.29, 0.717) is 0 Å². The maximum absolute atomic E-state index is 4.47. The lowest BCUT2D eigenvalue weighted by atomic mass is 10.1. The number of thioether (sulfide) groups is 1. The van der Waals surface area contributed by atoms with Crippen molar-refractivity contribution < 1.29 is 0 Å². The van der Waals surface area contributed by atoms with E-state index in [1.807, 2.05) is 24.0 Å². The fraction of sp³-hybridized carbons (Fsp3) is 0.400. The maximum Gasteiger partial charge on any atom is 0.167 e. The van der Waals surface area contributed by atoms with Gasteiger partial charge in [0.2, 0.25) is 0 Å². The van der Waals surface area contributed by atoms with E-state index in [9.17, 15) is 0 Å². The van der Waals surface area contributed by atoms with Crippen LogP contribution in [0.1, 0.15) is 10.4 Å². The summed E-state index contributed by atoms with van der Waals surface area (Å²) in [5.74, 6) is 1.92. The SMILES string of the molecule is Cn1ccnc1SCCNc1ncnc2sc3c(c12)CCNC3. The monoisotopic (exact) mass is 346 g/mol. The lowest BCUT2D eigenvalue weighted by Crippen LogP contribution is -2.22. The maximum atomic E-state index is 4.47. The number of rotatable bonds is 5. The summed E-state index contributed by atoms with van der Waals surface area (Å²) in [6.07, 6.45) is 6.51. The zero-order chi connectivity index (χ0) is 15.6. The van der Waals surface area contributed by atoms with Crippen LogP contribution in [0.2, 0.25) is 0 Å². The van der Waals surface area contributed by atoms with Gasteiger partial charge in [0.25, 0.3) is 0 Å². The van der Waals surface area contributed by atoms with E-state index in [2.05, 4.69) is 25.6 Å². The highest BCUT2D eigenvalue weighted by atomic mass is 32.2. The Kier molecular flexibility index (Phi) is 4.19. The second-order valence-electron chi connectivity index (χ2n) is 5.43. The van der Waals surface area contributed by atoms with Crippen LogP contribution in [-0.2, 0) is 20.0 Å². The van der Waals surface area contributed by atoms with E-state index in [1.165, 1.54) is 15.8 Å². The van der Waals surface area contributed by atoms with Crippen LogP contribution >= 0.6 is 23.1 Å². The molecule has 23 heavy (non-hydrogen) atoms. The Morgan fingerprint density at radius 1 is 1.39 bits per heavy atom. The van der Waals surface area contributed by atoms with Crippen LogP contribution in [0.15, 0.2) is 23.9 Å². The Morgan fingerprint density at radius 2 is 2.35 bits per heavy atom. The van der Waals surface area contributed by atoms with Crippen molar-refractivity contribution in [2.24, 2.45) is 7.05 Å². The molecule has 4 rings (SSSR count). The average Bonchev–Trinajstić information content (AvgIpc) is 3.15. The van der Waals surface area contributed by atoms with E-state index >= 15 is 0 Å². The summed E-state index contributed by atoms with van der Waals surface area (Å²) in [5.41, 5.74) is 1.42. The zero-order valence-electron chi connectivity index (χ0n) is 12.9. The van der Waals surface area contributed by atoms with E-state index in [4.69, 9.17) is 0 Å². The minimum atomic E-state index is 0.854. The van der Waals surface area contributed by atoms with Gasteiger partial charge in [0.05, 0.1) is 5.39 Å². The Balaban J connectivity index is 1.48. The number of hydrogen-bond donors (Lipinski definition) is 2. The Labute approximate surface area is 142 Å². The van der Waals surface area contributed by atoms with Crippen molar-refractivity contribution >= 4 is 39.1 Å². The molecular weight excluding hydrogens is 328 g/mol. The number of hydrogen-bond acceptors (Lipinski definition) is 7. The van der Waals surface area contributed by atoms with Gasteiger partial charge >= 0.3 is 0 Å². The smallest absolute Gasteiger partial charge is 0.167 e. The number of aryl methyl sites for hydroxylation is 1. The van der Waals surface area contributed by atoms with Crippen LogP contribution in [0.3, 0.4) is 0 Å². The quantitative estimate of drug-likeness (QED) is 0.546. The molecule has 1 aliphatic heterocycles. The molecule has 3 aromatic rings. The van der Waals surface area contributed by atoms with Crippen molar-refractivity contribution in [3.8, 4) is 0 Å². The second kappa shape index (κ2) is 6.46. The highest BCUT2D eigenvalue weighted by molar-refractivity contribution is 7.99. The molecule has 0 amide bonds.